The molecule has 1 aromatic heterocycles. The second-order valence-corrected chi connectivity index (χ2v) is 7.32. The van der Waals surface area contributed by atoms with Gasteiger partial charge in [-0.25, -0.2) is 4.98 Å². The maximum Gasteiger partial charge on any atom is 0.306 e. The molecule has 3 rings (SSSR count). The summed E-state index contributed by atoms with van der Waals surface area (Å²) in [5.41, 5.74) is 2.96. The molecule has 1 aliphatic rings. The van der Waals surface area contributed by atoms with Crippen molar-refractivity contribution >= 4 is 23.2 Å². The number of aryl methyl sites for hydroxylation is 2. The van der Waals surface area contributed by atoms with Crippen LogP contribution in [0.3, 0.4) is 0 Å². The smallest absolute Gasteiger partial charge is 0.306 e. The number of morpholine rings is 1. The number of carboxylic acids is 1. The van der Waals surface area contributed by atoms with Gasteiger partial charge in [0.05, 0.1) is 24.8 Å². The normalized spacial score (nSPS) is 17.3. The summed E-state index contributed by atoms with van der Waals surface area (Å²) >= 11 is 1.38. The number of aromatic nitrogens is 1. The van der Waals surface area contributed by atoms with Crippen molar-refractivity contribution in [3.05, 3.63) is 40.4 Å². The lowest BCUT2D eigenvalue weighted by molar-refractivity contribution is -0.141. The van der Waals surface area contributed by atoms with Crippen molar-refractivity contribution in [2.24, 2.45) is 0 Å². The van der Waals surface area contributed by atoms with Crippen LogP contribution in [-0.4, -0.2) is 52.7 Å². The van der Waals surface area contributed by atoms with Crippen LogP contribution in [0.15, 0.2) is 24.3 Å². The monoisotopic (exact) mass is 374 g/mol. The predicted molar refractivity (Wildman–Crippen MR) is 99.6 cm³/mol. The van der Waals surface area contributed by atoms with Crippen LogP contribution in [0, 0.1) is 6.92 Å². The number of carboxylic acid groups (broad SMARTS) is 1. The molecule has 1 amide bonds. The summed E-state index contributed by atoms with van der Waals surface area (Å²) in [7, 11) is 0. The van der Waals surface area contributed by atoms with Crippen LogP contribution in [-0.2, 0) is 16.0 Å². The maximum atomic E-state index is 12.9. The zero-order valence-corrected chi connectivity index (χ0v) is 15.7. The molecule has 0 spiro atoms. The molecule has 26 heavy (non-hydrogen) atoms. The number of thiazole rings is 1. The van der Waals surface area contributed by atoms with Gasteiger partial charge in [-0.3, -0.25) is 9.59 Å². The van der Waals surface area contributed by atoms with Gasteiger partial charge >= 0.3 is 5.97 Å². The number of carbonyl (C=O) groups excluding carboxylic acids is 1. The zero-order chi connectivity index (χ0) is 18.7. The summed E-state index contributed by atoms with van der Waals surface area (Å²) in [6.07, 6.45) is 0.426. The molecule has 1 aromatic carbocycles. The molecule has 1 N–H and O–H groups in total. The number of amides is 1. The van der Waals surface area contributed by atoms with Gasteiger partial charge in [-0.05, 0) is 18.9 Å². The first-order valence-corrected chi connectivity index (χ1v) is 9.49. The highest BCUT2D eigenvalue weighted by atomic mass is 32.1. The second-order valence-electron chi connectivity index (χ2n) is 6.33. The number of hydrogen-bond acceptors (Lipinski definition) is 5. The summed E-state index contributed by atoms with van der Waals surface area (Å²) in [4.78, 5) is 30.6. The van der Waals surface area contributed by atoms with Crippen LogP contribution in [0.1, 0.15) is 34.3 Å². The van der Waals surface area contributed by atoms with E-state index in [0.29, 0.717) is 30.3 Å². The van der Waals surface area contributed by atoms with Gasteiger partial charge in [-0.2, -0.15) is 0 Å². The molecular formula is C19H22N2O4S. The fraction of sp³-hybridized carbons (Fsp3) is 0.421. The minimum atomic E-state index is -0.920. The van der Waals surface area contributed by atoms with Crippen LogP contribution in [0.2, 0.25) is 0 Å². The molecule has 1 saturated heterocycles. The molecule has 0 bridgehead atoms. The van der Waals surface area contributed by atoms with E-state index in [2.05, 4.69) is 24.0 Å². The van der Waals surface area contributed by atoms with Crippen molar-refractivity contribution in [1.29, 1.82) is 0 Å². The Hall–Kier alpha value is -2.25. The van der Waals surface area contributed by atoms with Crippen LogP contribution >= 0.6 is 11.3 Å². The van der Waals surface area contributed by atoms with E-state index in [0.717, 1.165) is 17.0 Å². The van der Waals surface area contributed by atoms with Crippen molar-refractivity contribution < 1.29 is 19.4 Å². The first-order chi connectivity index (χ1) is 12.5. The van der Waals surface area contributed by atoms with E-state index in [1.807, 2.05) is 19.1 Å². The lowest BCUT2D eigenvalue weighted by Crippen LogP contribution is -2.46. The Morgan fingerprint density at radius 3 is 2.73 bits per heavy atom. The molecule has 0 saturated carbocycles. The standard InChI is InChI=1S/C19H22N2O4S/c1-3-13-4-6-14(7-5-13)18-20-12(2)17(26-18)19(24)21-8-9-25-15(11-21)10-16(22)23/h4-7,15H,3,8-11H2,1-2H3,(H,22,23)/t15-/m1/s1. The molecule has 1 aliphatic heterocycles. The van der Waals surface area contributed by atoms with E-state index in [1.165, 1.54) is 16.9 Å². The average Bonchev–Trinajstić information content (AvgIpc) is 3.02. The maximum absolute atomic E-state index is 12.9. The number of aliphatic carboxylic acids is 1. The van der Waals surface area contributed by atoms with Gasteiger partial charge in [0.25, 0.3) is 5.91 Å². The van der Waals surface area contributed by atoms with E-state index in [9.17, 15) is 9.59 Å². The molecule has 2 aromatic rings. The van der Waals surface area contributed by atoms with E-state index in [-0.39, 0.29) is 12.3 Å². The Labute approximate surface area is 156 Å². The highest BCUT2D eigenvalue weighted by molar-refractivity contribution is 7.17. The Balaban J connectivity index is 1.77. The quantitative estimate of drug-likeness (QED) is 0.870. The minimum absolute atomic E-state index is 0.0967. The van der Waals surface area contributed by atoms with Gasteiger partial charge in [0.1, 0.15) is 9.88 Å². The lowest BCUT2D eigenvalue weighted by atomic mass is 10.1. The number of hydrogen-bond donors (Lipinski definition) is 1. The van der Waals surface area contributed by atoms with Gasteiger partial charge in [0, 0.05) is 18.7 Å². The van der Waals surface area contributed by atoms with E-state index < -0.39 is 12.1 Å². The number of nitrogens with zero attached hydrogens (tertiary/aromatic N) is 2. The molecule has 2 heterocycles. The molecule has 0 unspecified atom stereocenters. The Kier molecular flexibility index (Phi) is 5.68. The highest BCUT2D eigenvalue weighted by Crippen LogP contribution is 2.29. The fourth-order valence-corrected chi connectivity index (χ4v) is 4.01. The van der Waals surface area contributed by atoms with Crippen molar-refractivity contribution in [2.45, 2.75) is 32.8 Å². The molecule has 0 radical (unpaired) electrons. The first-order valence-electron chi connectivity index (χ1n) is 8.67. The van der Waals surface area contributed by atoms with E-state index in [1.54, 1.807) is 4.90 Å². The van der Waals surface area contributed by atoms with Gasteiger partial charge in [0.2, 0.25) is 0 Å². The number of rotatable bonds is 5. The van der Waals surface area contributed by atoms with E-state index >= 15 is 0 Å². The summed E-state index contributed by atoms with van der Waals surface area (Å²) < 4.78 is 5.44. The van der Waals surface area contributed by atoms with Gasteiger partial charge in [-0.15, -0.1) is 11.3 Å². The Bertz CT molecular complexity index is 800. The minimum Gasteiger partial charge on any atom is -0.481 e. The molecule has 0 aliphatic carbocycles. The van der Waals surface area contributed by atoms with E-state index in [4.69, 9.17) is 9.84 Å². The molecular weight excluding hydrogens is 352 g/mol. The second kappa shape index (κ2) is 7.97. The third-order valence-electron chi connectivity index (χ3n) is 4.43. The van der Waals surface area contributed by atoms with Crippen molar-refractivity contribution in [2.75, 3.05) is 19.7 Å². The number of ether oxygens (including phenoxy) is 1. The van der Waals surface area contributed by atoms with Crippen LogP contribution in [0.4, 0.5) is 0 Å². The fourth-order valence-electron chi connectivity index (χ4n) is 2.97. The Morgan fingerprint density at radius 2 is 2.08 bits per heavy atom. The van der Waals surface area contributed by atoms with Gasteiger partial charge < -0.3 is 14.7 Å². The third kappa shape index (κ3) is 4.11. The molecule has 1 atom stereocenters. The average molecular weight is 374 g/mol. The third-order valence-corrected chi connectivity index (χ3v) is 5.62. The zero-order valence-electron chi connectivity index (χ0n) is 14.9. The van der Waals surface area contributed by atoms with Crippen molar-refractivity contribution in [3.8, 4) is 10.6 Å². The summed E-state index contributed by atoms with van der Waals surface area (Å²) in [6.45, 7) is 5.06. The molecule has 1 fully saturated rings. The topological polar surface area (TPSA) is 79.7 Å². The van der Waals surface area contributed by atoms with Crippen LogP contribution < -0.4 is 0 Å². The van der Waals surface area contributed by atoms with Gasteiger partial charge in [-0.1, -0.05) is 31.2 Å². The summed E-state index contributed by atoms with van der Waals surface area (Å²) in [6, 6.07) is 8.21. The first kappa shape index (κ1) is 18.5. The lowest BCUT2D eigenvalue weighted by Gasteiger charge is -2.32. The Morgan fingerprint density at radius 1 is 1.35 bits per heavy atom. The SMILES string of the molecule is CCc1ccc(-c2nc(C)c(C(=O)N3CCO[C@H](CC(=O)O)C3)s2)cc1. The van der Waals surface area contributed by atoms with Crippen molar-refractivity contribution in [3.63, 3.8) is 0 Å². The summed E-state index contributed by atoms with van der Waals surface area (Å²) in [5, 5.41) is 9.75. The predicted octanol–water partition coefficient (Wildman–Crippen LogP) is 3.00. The van der Waals surface area contributed by atoms with Crippen LogP contribution in [0.5, 0.6) is 0 Å². The number of carbonyl (C=O) groups is 2. The van der Waals surface area contributed by atoms with Gasteiger partial charge in [0.15, 0.2) is 0 Å². The molecule has 7 heteroatoms. The van der Waals surface area contributed by atoms with Crippen molar-refractivity contribution in [1.82, 2.24) is 9.88 Å². The largest absolute Gasteiger partial charge is 0.481 e. The number of benzene rings is 1. The molecule has 6 nitrogen and oxygen atoms in total. The molecule has 138 valence electrons. The summed E-state index contributed by atoms with van der Waals surface area (Å²) in [5.74, 6) is -1.02. The highest BCUT2D eigenvalue weighted by Gasteiger charge is 2.28. The van der Waals surface area contributed by atoms with Crippen LogP contribution in [0.25, 0.3) is 10.6 Å².